The van der Waals surface area contributed by atoms with Gasteiger partial charge in [0, 0.05) is 4.88 Å². The Morgan fingerprint density at radius 3 is 2.48 bits per heavy atom. The number of thioether (sulfide) groups is 1. The molecule has 0 spiro atoms. The second-order valence-corrected chi connectivity index (χ2v) is 6.65. The van der Waals surface area contributed by atoms with Crippen LogP contribution in [0.15, 0.2) is 5.16 Å². The van der Waals surface area contributed by atoms with Gasteiger partial charge in [-0.05, 0) is 37.5 Å². The molecule has 2 aromatic heterocycles. The normalized spacial score (nSPS) is 14.1. The van der Waals surface area contributed by atoms with Gasteiger partial charge >= 0.3 is 12.1 Å². The first-order valence-corrected chi connectivity index (χ1v) is 8.70. The number of halogens is 3. The lowest BCUT2D eigenvalue weighted by atomic mass is 9.97. The van der Waals surface area contributed by atoms with Crippen LogP contribution in [0.25, 0.3) is 10.2 Å². The monoisotopic (exact) mass is 365 g/mol. The van der Waals surface area contributed by atoms with E-state index in [0.717, 1.165) is 21.8 Å². The van der Waals surface area contributed by atoms with Crippen molar-refractivity contribution >= 4 is 45.1 Å². The number of carboxylic acids is 1. The van der Waals surface area contributed by atoms with Crippen LogP contribution >= 0.6 is 23.1 Å². The van der Waals surface area contributed by atoms with E-state index in [1.54, 1.807) is 23.1 Å². The molecule has 3 N–H and O–H groups in total. The lowest BCUT2D eigenvalue weighted by molar-refractivity contribution is -0.192. The molecule has 23 heavy (non-hydrogen) atoms. The fraction of sp³-hybridized carbons (Fsp3) is 0.462. The summed E-state index contributed by atoms with van der Waals surface area (Å²) in [5, 5.41) is 9.03. The van der Waals surface area contributed by atoms with Gasteiger partial charge in [0.2, 0.25) is 0 Å². The number of carboxylic acid groups (broad SMARTS) is 1. The third-order valence-electron chi connectivity index (χ3n) is 3.25. The number of rotatable bonds is 1. The fourth-order valence-corrected chi connectivity index (χ4v) is 3.96. The van der Waals surface area contributed by atoms with Gasteiger partial charge in [0.15, 0.2) is 5.16 Å². The van der Waals surface area contributed by atoms with Crippen molar-refractivity contribution in [3.05, 3.63) is 10.4 Å². The van der Waals surface area contributed by atoms with Crippen LogP contribution in [0.3, 0.4) is 0 Å². The molecule has 0 atom stereocenters. The smallest absolute Gasteiger partial charge is 0.475 e. The summed E-state index contributed by atoms with van der Waals surface area (Å²) >= 11 is 3.35. The summed E-state index contributed by atoms with van der Waals surface area (Å²) in [6, 6.07) is 0. The Kier molecular flexibility index (Phi) is 5.35. The van der Waals surface area contributed by atoms with E-state index in [-0.39, 0.29) is 0 Å². The number of aliphatic carboxylic acids is 1. The van der Waals surface area contributed by atoms with Crippen LogP contribution in [0.4, 0.5) is 19.0 Å². The summed E-state index contributed by atoms with van der Waals surface area (Å²) in [7, 11) is 0. The molecule has 0 saturated carbocycles. The van der Waals surface area contributed by atoms with E-state index >= 15 is 0 Å². The highest BCUT2D eigenvalue weighted by Gasteiger charge is 2.38. The molecule has 0 bridgehead atoms. The summed E-state index contributed by atoms with van der Waals surface area (Å²) in [5.74, 6) is -2.10. The Bertz CT molecular complexity index is 731. The molecule has 1 aliphatic carbocycles. The number of nitrogens with two attached hydrogens (primary N) is 1. The minimum absolute atomic E-state index is 0.661. The average molecular weight is 365 g/mol. The van der Waals surface area contributed by atoms with Crippen molar-refractivity contribution < 1.29 is 23.1 Å². The lowest BCUT2D eigenvalue weighted by Gasteiger charge is -2.10. The number of nitrogen functional groups attached to an aromatic ring is 1. The van der Waals surface area contributed by atoms with Crippen molar-refractivity contribution in [3.63, 3.8) is 0 Å². The molecule has 0 radical (unpaired) electrons. The fourth-order valence-electron chi connectivity index (χ4n) is 2.26. The molecule has 0 fully saturated rings. The summed E-state index contributed by atoms with van der Waals surface area (Å²) in [4.78, 5) is 20.3. The standard InChI is InChI=1S/C11H13N3S2.C2HF3O2/c1-15-11-13-9(12)8-6-4-2-3-5-7(6)16-10(8)14-11;3-2(4,5)1(6)7/h2-5H2,1H3,(H2,12,13,14);(H,6,7). The van der Waals surface area contributed by atoms with E-state index in [0.29, 0.717) is 5.82 Å². The van der Waals surface area contributed by atoms with Crippen LogP contribution in [0.5, 0.6) is 0 Å². The molecule has 5 nitrogen and oxygen atoms in total. The van der Waals surface area contributed by atoms with Gasteiger partial charge in [-0.1, -0.05) is 11.8 Å². The number of aryl methyl sites for hydroxylation is 2. The maximum atomic E-state index is 10.6. The first-order chi connectivity index (χ1) is 10.7. The second-order valence-electron chi connectivity index (χ2n) is 4.79. The maximum absolute atomic E-state index is 10.6. The molecule has 0 amide bonds. The topological polar surface area (TPSA) is 89.1 Å². The second kappa shape index (κ2) is 6.91. The lowest BCUT2D eigenvalue weighted by Crippen LogP contribution is -2.21. The third kappa shape index (κ3) is 4.05. The van der Waals surface area contributed by atoms with Crippen LogP contribution in [0.2, 0.25) is 0 Å². The minimum Gasteiger partial charge on any atom is -0.475 e. The van der Waals surface area contributed by atoms with Gasteiger partial charge < -0.3 is 10.8 Å². The van der Waals surface area contributed by atoms with Gasteiger partial charge in [-0.25, -0.2) is 14.8 Å². The van der Waals surface area contributed by atoms with E-state index in [2.05, 4.69) is 9.97 Å². The number of carbonyl (C=O) groups is 1. The first kappa shape index (κ1) is 17.8. The molecular formula is C13H14F3N3O2S2. The highest BCUT2D eigenvalue weighted by atomic mass is 32.2. The van der Waals surface area contributed by atoms with E-state index in [1.807, 2.05) is 6.26 Å². The predicted molar refractivity (Wildman–Crippen MR) is 83.9 cm³/mol. The van der Waals surface area contributed by atoms with Gasteiger partial charge in [-0.3, -0.25) is 0 Å². The van der Waals surface area contributed by atoms with E-state index in [1.165, 1.54) is 29.7 Å². The first-order valence-electron chi connectivity index (χ1n) is 6.66. The Morgan fingerprint density at radius 1 is 1.30 bits per heavy atom. The molecule has 3 rings (SSSR count). The molecule has 0 unspecified atom stereocenters. The van der Waals surface area contributed by atoms with E-state index in [9.17, 15) is 13.2 Å². The SMILES string of the molecule is CSc1nc(N)c2c3c(sc2n1)CCCC3.O=C(O)C(F)(F)F. The van der Waals surface area contributed by atoms with Crippen molar-refractivity contribution in [2.75, 3.05) is 12.0 Å². The predicted octanol–water partition coefficient (Wildman–Crippen LogP) is 3.51. The number of hydrogen-bond acceptors (Lipinski definition) is 6. The number of hydrogen-bond donors (Lipinski definition) is 2. The van der Waals surface area contributed by atoms with Crippen LogP contribution in [-0.2, 0) is 17.6 Å². The zero-order valence-corrected chi connectivity index (χ0v) is 13.7. The molecule has 1 aliphatic rings. The molecule has 2 aromatic rings. The quantitative estimate of drug-likeness (QED) is 0.594. The summed E-state index contributed by atoms with van der Waals surface area (Å²) in [6.07, 6.45) is 1.78. The van der Waals surface area contributed by atoms with Crippen LogP contribution in [0.1, 0.15) is 23.3 Å². The Morgan fingerprint density at radius 2 is 1.91 bits per heavy atom. The van der Waals surface area contributed by atoms with Crippen LogP contribution in [-0.4, -0.2) is 33.5 Å². The van der Waals surface area contributed by atoms with Crippen molar-refractivity contribution in [2.45, 2.75) is 37.0 Å². The molecule has 0 aliphatic heterocycles. The molecule has 10 heteroatoms. The highest BCUT2D eigenvalue weighted by molar-refractivity contribution is 7.98. The molecule has 0 saturated heterocycles. The zero-order valence-electron chi connectivity index (χ0n) is 12.1. The van der Waals surface area contributed by atoms with Gasteiger partial charge in [-0.2, -0.15) is 13.2 Å². The van der Waals surface area contributed by atoms with Gasteiger partial charge in [0.05, 0.1) is 5.39 Å². The van der Waals surface area contributed by atoms with Gasteiger partial charge in [0.1, 0.15) is 10.6 Å². The minimum atomic E-state index is -5.08. The summed E-state index contributed by atoms with van der Waals surface area (Å²) in [5.41, 5.74) is 7.46. The maximum Gasteiger partial charge on any atom is 0.490 e. The number of anilines is 1. The Labute approximate surface area is 138 Å². The summed E-state index contributed by atoms with van der Waals surface area (Å²) in [6.45, 7) is 0. The number of nitrogens with zero attached hydrogens (tertiary/aromatic N) is 2. The van der Waals surface area contributed by atoms with Crippen molar-refractivity contribution in [1.82, 2.24) is 9.97 Å². The Hall–Kier alpha value is -1.55. The van der Waals surface area contributed by atoms with Crippen LogP contribution in [0, 0.1) is 0 Å². The van der Waals surface area contributed by atoms with Crippen LogP contribution < -0.4 is 5.73 Å². The van der Waals surface area contributed by atoms with Crippen molar-refractivity contribution in [1.29, 1.82) is 0 Å². The number of thiophene rings is 1. The third-order valence-corrected chi connectivity index (χ3v) is 4.98. The molecular weight excluding hydrogens is 351 g/mol. The van der Waals surface area contributed by atoms with Gasteiger partial charge in [-0.15, -0.1) is 11.3 Å². The molecule has 126 valence electrons. The van der Waals surface area contributed by atoms with Crippen molar-refractivity contribution in [3.8, 4) is 0 Å². The zero-order chi connectivity index (χ0) is 17.2. The van der Waals surface area contributed by atoms with Gasteiger partial charge in [0.25, 0.3) is 0 Å². The van der Waals surface area contributed by atoms with E-state index < -0.39 is 12.1 Å². The molecule has 2 heterocycles. The molecule has 0 aromatic carbocycles. The summed E-state index contributed by atoms with van der Waals surface area (Å²) < 4.78 is 31.7. The highest BCUT2D eigenvalue weighted by Crippen LogP contribution is 2.38. The Balaban J connectivity index is 0.000000236. The largest absolute Gasteiger partial charge is 0.490 e. The van der Waals surface area contributed by atoms with Crippen molar-refractivity contribution in [2.24, 2.45) is 0 Å². The number of aromatic nitrogens is 2. The number of fused-ring (bicyclic) bond motifs is 3. The average Bonchev–Trinajstić information content (AvgIpc) is 2.85. The number of alkyl halides is 3. The van der Waals surface area contributed by atoms with E-state index in [4.69, 9.17) is 15.6 Å².